The van der Waals surface area contributed by atoms with Crippen LogP contribution in [-0.2, 0) is 18.4 Å². The van der Waals surface area contributed by atoms with Crippen molar-refractivity contribution in [1.29, 1.82) is 0 Å². The number of rotatable bonds is 3. The SMILES string of the molecule is Cc1nn(C)c(C)c1C(=O)C(=O)Nc1ccc2c(c1)C(=O)NC2. The normalized spacial score (nSPS) is 12.7. The molecule has 0 spiro atoms. The molecule has 0 saturated heterocycles. The molecule has 2 aromatic rings. The van der Waals surface area contributed by atoms with Crippen molar-refractivity contribution in [2.75, 3.05) is 5.32 Å². The molecule has 0 radical (unpaired) electrons. The minimum atomic E-state index is -0.748. The number of amides is 2. The first-order chi connectivity index (χ1) is 10.9. The van der Waals surface area contributed by atoms with Crippen molar-refractivity contribution in [3.05, 3.63) is 46.3 Å². The van der Waals surface area contributed by atoms with Crippen molar-refractivity contribution in [2.45, 2.75) is 20.4 Å². The zero-order valence-corrected chi connectivity index (χ0v) is 13.1. The predicted octanol–water partition coefficient (Wildman–Crippen LogP) is 1.10. The molecule has 0 saturated carbocycles. The summed E-state index contributed by atoms with van der Waals surface area (Å²) in [5.74, 6) is -1.57. The summed E-state index contributed by atoms with van der Waals surface area (Å²) in [6, 6.07) is 5.01. The van der Waals surface area contributed by atoms with Crippen molar-refractivity contribution >= 4 is 23.3 Å². The topological polar surface area (TPSA) is 93.1 Å². The first-order valence-corrected chi connectivity index (χ1v) is 7.15. The largest absolute Gasteiger partial charge is 0.348 e. The zero-order valence-electron chi connectivity index (χ0n) is 13.1. The smallest absolute Gasteiger partial charge is 0.296 e. The van der Waals surface area contributed by atoms with Crippen molar-refractivity contribution in [1.82, 2.24) is 15.1 Å². The standard InChI is InChI=1S/C16H16N4O3/c1-8-13(9(2)20(3)19-8)14(21)16(23)18-11-5-4-10-7-17-15(22)12(10)6-11/h4-6H,7H2,1-3H3,(H,17,22)(H,18,23). The van der Waals surface area contributed by atoms with Gasteiger partial charge in [0.05, 0.1) is 11.3 Å². The third-order valence-electron chi connectivity index (χ3n) is 3.99. The van der Waals surface area contributed by atoms with Crippen LogP contribution in [-0.4, -0.2) is 27.4 Å². The van der Waals surface area contributed by atoms with Gasteiger partial charge in [-0.1, -0.05) is 6.07 Å². The summed E-state index contributed by atoms with van der Waals surface area (Å²) >= 11 is 0. The van der Waals surface area contributed by atoms with Gasteiger partial charge in [-0.2, -0.15) is 5.10 Å². The van der Waals surface area contributed by atoms with E-state index in [0.29, 0.717) is 34.7 Å². The number of anilines is 1. The zero-order chi connectivity index (χ0) is 16.7. The van der Waals surface area contributed by atoms with E-state index in [9.17, 15) is 14.4 Å². The number of aryl methyl sites for hydroxylation is 2. The predicted molar refractivity (Wildman–Crippen MR) is 83.3 cm³/mol. The lowest BCUT2D eigenvalue weighted by atomic mass is 10.1. The molecule has 0 aliphatic carbocycles. The fourth-order valence-corrected chi connectivity index (χ4v) is 2.69. The molecule has 0 atom stereocenters. The minimum Gasteiger partial charge on any atom is -0.348 e. The molecule has 23 heavy (non-hydrogen) atoms. The fourth-order valence-electron chi connectivity index (χ4n) is 2.69. The number of benzene rings is 1. The van der Waals surface area contributed by atoms with E-state index in [2.05, 4.69) is 15.7 Å². The van der Waals surface area contributed by atoms with E-state index < -0.39 is 11.7 Å². The summed E-state index contributed by atoms with van der Waals surface area (Å²) in [5.41, 5.74) is 3.26. The van der Waals surface area contributed by atoms with Crippen molar-refractivity contribution in [3.63, 3.8) is 0 Å². The molecule has 2 N–H and O–H groups in total. The Morgan fingerprint density at radius 3 is 2.70 bits per heavy atom. The van der Waals surface area contributed by atoms with Crippen LogP contribution < -0.4 is 10.6 Å². The number of carbonyl (C=O) groups is 3. The van der Waals surface area contributed by atoms with Crippen LogP contribution >= 0.6 is 0 Å². The maximum Gasteiger partial charge on any atom is 0.296 e. The molecule has 3 rings (SSSR count). The lowest BCUT2D eigenvalue weighted by molar-refractivity contribution is -0.112. The van der Waals surface area contributed by atoms with E-state index in [-0.39, 0.29) is 5.91 Å². The van der Waals surface area contributed by atoms with Crippen LogP contribution in [0.2, 0.25) is 0 Å². The molecular weight excluding hydrogens is 296 g/mol. The highest BCUT2D eigenvalue weighted by molar-refractivity contribution is 6.47. The van der Waals surface area contributed by atoms with Gasteiger partial charge in [-0.3, -0.25) is 19.1 Å². The molecule has 1 aliphatic rings. The van der Waals surface area contributed by atoms with E-state index in [0.717, 1.165) is 5.56 Å². The fraction of sp³-hybridized carbons (Fsp3) is 0.250. The number of aromatic nitrogens is 2. The third-order valence-corrected chi connectivity index (χ3v) is 3.99. The van der Waals surface area contributed by atoms with Crippen molar-refractivity contribution in [2.24, 2.45) is 7.05 Å². The van der Waals surface area contributed by atoms with Crippen LogP contribution in [0.5, 0.6) is 0 Å². The molecule has 1 aliphatic heterocycles. The number of nitrogens with zero attached hydrogens (tertiary/aromatic N) is 2. The third kappa shape index (κ3) is 2.50. The number of carbonyl (C=O) groups excluding carboxylic acids is 3. The van der Waals surface area contributed by atoms with E-state index in [1.54, 1.807) is 43.8 Å². The van der Waals surface area contributed by atoms with Crippen LogP contribution in [0.25, 0.3) is 0 Å². The van der Waals surface area contributed by atoms with E-state index >= 15 is 0 Å². The molecule has 1 aromatic heterocycles. The summed E-state index contributed by atoms with van der Waals surface area (Å²) in [5, 5.41) is 9.39. The molecule has 7 heteroatoms. The summed E-state index contributed by atoms with van der Waals surface area (Å²) in [4.78, 5) is 36.2. The molecule has 0 fully saturated rings. The van der Waals surface area contributed by atoms with Gasteiger partial charge in [0.15, 0.2) is 0 Å². The van der Waals surface area contributed by atoms with E-state index in [1.165, 1.54) is 0 Å². The Morgan fingerprint density at radius 1 is 1.30 bits per heavy atom. The van der Waals surface area contributed by atoms with Crippen LogP contribution in [0.3, 0.4) is 0 Å². The Balaban J connectivity index is 1.83. The number of hydrogen-bond donors (Lipinski definition) is 2. The van der Waals surface area contributed by atoms with Crippen LogP contribution in [0.4, 0.5) is 5.69 Å². The minimum absolute atomic E-state index is 0.179. The van der Waals surface area contributed by atoms with Gasteiger partial charge < -0.3 is 10.6 Å². The monoisotopic (exact) mass is 312 g/mol. The second-order valence-corrected chi connectivity index (χ2v) is 5.51. The van der Waals surface area contributed by atoms with Gasteiger partial charge in [0.2, 0.25) is 0 Å². The first-order valence-electron chi connectivity index (χ1n) is 7.15. The van der Waals surface area contributed by atoms with Gasteiger partial charge in [0.1, 0.15) is 0 Å². The van der Waals surface area contributed by atoms with Gasteiger partial charge in [-0.05, 0) is 31.5 Å². The summed E-state index contributed by atoms with van der Waals surface area (Å²) < 4.78 is 1.57. The lowest BCUT2D eigenvalue weighted by Crippen LogP contribution is -2.24. The van der Waals surface area contributed by atoms with Crippen LogP contribution in [0, 0.1) is 13.8 Å². The van der Waals surface area contributed by atoms with Gasteiger partial charge in [0, 0.05) is 30.5 Å². The average Bonchev–Trinajstić information content (AvgIpc) is 2.99. The average molecular weight is 312 g/mol. The highest BCUT2D eigenvalue weighted by atomic mass is 16.2. The summed E-state index contributed by atoms with van der Waals surface area (Å²) in [7, 11) is 1.72. The summed E-state index contributed by atoms with van der Waals surface area (Å²) in [6.45, 7) is 3.91. The van der Waals surface area contributed by atoms with Crippen molar-refractivity contribution < 1.29 is 14.4 Å². The molecule has 7 nitrogen and oxygen atoms in total. The Labute approximate surface area is 132 Å². The Morgan fingerprint density at radius 2 is 2.04 bits per heavy atom. The van der Waals surface area contributed by atoms with E-state index in [4.69, 9.17) is 0 Å². The number of fused-ring (bicyclic) bond motifs is 1. The second-order valence-electron chi connectivity index (χ2n) is 5.51. The lowest BCUT2D eigenvalue weighted by Gasteiger charge is -2.06. The molecule has 0 bridgehead atoms. The van der Waals surface area contributed by atoms with E-state index in [1.807, 2.05) is 0 Å². The quantitative estimate of drug-likeness (QED) is 0.655. The number of Topliss-reactive ketones (excluding diaryl/α,β-unsaturated/α-hetero) is 1. The molecule has 2 heterocycles. The molecular formula is C16H16N4O3. The van der Waals surface area contributed by atoms with Gasteiger partial charge >= 0.3 is 0 Å². The Hall–Kier alpha value is -2.96. The maximum absolute atomic E-state index is 12.4. The first kappa shape index (κ1) is 15.0. The number of ketones is 1. The number of hydrogen-bond acceptors (Lipinski definition) is 4. The molecule has 2 amide bonds. The number of nitrogens with one attached hydrogen (secondary N) is 2. The van der Waals surface area contributed by atoms with Crippen molar-refractivity contribution in [3.8, 4) is 0 Å². The second kappa shape index (κ2) is 5.35. The molecule has 0 unspecified atom stereocenters. The summed E-state index contributed by atoms with van der Waals surface area (Å²) in [6.07, 6.45) is 0. The van der Waals surface area contributed by atoms with Gasteiger partial charge in [0.25, 0.3) is 17.6 Å². The van der Waals surface area contributed by atoms with Gasteiger partial charge in [-0.25, -0.2) is 0 Å². The molecule has 118 valence electrons. The van der Waals surface area contributed by atoms with Crippen LogP contribution in [0.15, 0.2) is 18.2 Å². The highest BCUT2D eigenvalue weighted by Crippen LogP contribution is 2.21. The van der Waals surface area contributed by atoms with Crippen LogP contribution in [0.1, 0.15) is 37.7 Å². The highest BCUT2D eigenvalue weighted by Gasteiger charge is 2.25. The Bertz CT molecular complexity index is 851. The Kier molecular flexibility index (Phi) is 3.48. The molecule has 1 aromatic carbocycles. The maximum atomic E-state index is 12.4. The van der Waals surface area contributed by atoms with Gasteiger partial charge in [-0.15, -0.1) is 0 Å².